The van der Waals surface area contributed by atoms with Crippen LogP contribution in [0.4, 0.5) is 0 Å². The van der Waals surface area contributed by atoms with Crippen molar-refractivity contribution in [1.29, 1.82) is 0 Å². The second kappa shape index (κ2) is 10.2. The van der Waals surface area contributed by atoms with Gasteiger partial charge in [-0.3, -0.25) is 0 Å². The molecule has 2 saturated carbocycles. The van der Waals surface area contributed by atoms with Gasteiger partial charge in [0.2, 0.25) is 0 Å². The molecule has 2 atom stereocenters. The molecule has 0 amide bonds. The number of fused-ring (bicyclic) bond motifs is 2. The van der Waals surface area contributed by atoms with Gasteiger partial charge >= 0.3 is 211 Å². The molecular weight excluding hydrogens is 567 g/mol. The van der Waals surface area contributed by atoms with Crippen LogP contribution in [0.3, 0.4) is 0 Å². The van der Waals surface area contributed by atoms with Crippen molar-refractivity contribution in [2.24, 2.45) is 16.7 Å². The number of Topliss-reactive ketones (excluding diaryl/α,β-unsaturated/α-hetero) is 1. The van der Waals surface area contributed by atoms with Crippen molar-refractivity contribution in [3.8, 4) is 5.75 Å². The van der Waals surface area contributed by atoms with Crippen molar-refractivity contribution in [3.05, 3.63) is 61.7 Å². The molecular formula is C26H33IO6S. The summed E-state index contributed by atoms with van der Waals surface area (Å²) in [5.74, 6) is 0.801. The Kier molecular flexibility index (Phi) is 7.71. The Balaban J connectivity index is 1.56. The van der Waals surface area contributed by atoms with Gasteiger partial charge in [0.15, 0.2) is 0 Å². The number of ether oxygens (including phenoxy) is 2. The summed E-state index contributed by atoms with van der Waals surface area (Å²) in [5.41, 5.74) is -1.17. The summed E-state index contributed by atoms with van der Waals surface area (Å²) in [5, 5.41) is 0. The summed E-state index contributed by atoms with van der Waals surface area (Å²) >= 11 is -2.79. The first-order chi connectivity index (χ1) is 16.2. The molecule has 2 aromatic rings. The quantitative estimate of drug-likeness (QED) is 0.257. The molecule has 2 fully saturated rings. The zero-order chi connectivity index (χ0) is 24.4. The molecule has 0 aromatic heterocycles. The van der Waals surface area contributed by atoms with Gasteiger partial charge in [0.25, 0.3) is 0 Å². The molecule has 4 rings (SSSR count). The van der Waals surface area contributed by atoms with E-state index < -0.39 is 35.8 Å². The van der Waals surface area contributed by atoms with Crippen LogP contribution >= 0.6 is 20.2 Å². The monoisotopic (exact) mass is 600 g/mol. The Morgan fingerprint density at radius 3 is 2.26 bits per heavy atom. The fraction of sp³-hybridized carbons (Fsp3) is 0.500. The van der Waals surface area contributed by atoms with Gasteiger partial charge in [-0.15, -0.1) is 0 Å². The van der Waals surface area contributed by atoms with Crippen LogP contribution in [-0.2, 0) is 22.2 Å². The van der Waals surface area contributed by atoms with E-state index in [1.165, 1.54) is 0 Å². The predicted molar refractivity (Wildman–Crippen MR) is 140 cm³/mol. The summed E-state index contributed by atoms with van der Waals surface area (Å²) in [6.45, 7) is 7.63. The van der Waals surface area contributed by atoms with Crippen molar-refractivity contribution in [2.75, 3.05) is 25.6 Å². The van der Waals surface area contributed by atoms with Crippen molar-refractivity contribution < 1.29 is 25.2 Å². The number of ketones is 1. The van der Waals surface area contributed by atoms with Gasteiger partial charge in [0.1, 0.15) is 0 Å². The zero-order valence-corrected chi connectivity index (χ0v) is 22.9. The third kappa shape index (κ3) is 5.05. The standard InChI is InChI=1S/C26H33IO6S/c1-4-31-16-17-32-23-12-10-22(11-13-23)27(21-8-6-5-7-9-21)33-34(29,30)19-26-15-14-20(18-24(26)28)25(26,2)3/h5-13,20H,4,14-19H2,1-3H3. The van der Waals surface area contributed by atoms with E-state index in [1.807, 2.05) is 75.4 Å². The molecule has 8 heteroatoms. The Bertz CT molecular complexity index is 1100. The van der Waals surface area contributed by atoms with E-state index in [1.54, 1.807) is 0 Å². The Hall–Kier alpha value is -1.49. The molecule has 0 aliphatic heterocycles. The van der Waals surface area contributed by atoms with Crippen LogP contribution in [0.25, 0.3) is 0 Å². The fourth-order valence-corrected chi connectivity index (χ4v) is 13.0. The maximum absolute atomic E-state index is 13.5. The van der Waals surface area contributed by atoms with Crippen LogP contribution in [0, 0.1) is 23.9 Å². The molecule has 2 aliphatic rings. The van der Waals surface area contributed by atoms with Gasteiger partial charge in [-0.25, -0.2) is 0 Å². The third-order valence-corrected chi connectivity index (χ3v) is 15.0. The van der Waals surface area contributed by atoms with Gasteiger partial charge < -0.3 is 0 Å². The topological polar surface area (TPSA) is 78.9 Å². The van der Waals surface area contributed by atoms with Crippen molar-refractivity contribution in [3.63, 3.8) is 0 Å². The predicted octanol–water partition coefficient (Wildman–Crippen LogP) is 5.30. The first-order valence-electron chi connectivity index (χ1n) is 11.7. The molecule has 2 aliphatic carbocycles. The Morgan fingerprint density at radius 1 is 1.00 bits per heavy atom. The van der Waals surface area contributed by atoms with Crippen molar-refractivity contribution >= 4 is 36.1 Å². The third-order valence-electron chi connectivity index (χ3n) is 7.36. The van der Waals surface area contributed by atoms with Crippen LogP contribution in [0.15, 0.2) is 54.6 Å². The molecule has 0 saturated heterocycles. The van der Waals surface area contributed by atoms with Gasteiger partial charge in [-0.1, -0.05) is 0 Å². The van der Waals surface area contributed by atoms with Crippen LogP contribution in [-0.4, -0.2) is 39.8 Å². The van der Waals surface area contributed by atoms with E-state index in [0.29, 0.717) is 38.4 Å². The first-order valence-corrected chi connectivity index (χ1v) is 16.3. The number of benzene rings is 2. The maximum atomic E-state index is 13.5. The van der Waals surface area contributed by atoms with E-state index in [-0.39, 0.29) is 22.9 Å². The normalized spacial score (nSPS) is 23.8. The van der Waals surface area contributed by atoms with Crippen LogP contribution in [0.2, 0.25) is 0 Å². The minimum absolute atomic E-state index is 0.0783. The molecule has 34 heavy (non-hydrogen) atoms. The van der Waals surface area contributed by atoms with Crippen molar-refractivity contribution in [1.82, 2.24) is 0 Å². The van der Waals surface area contributed by atoms with Crippen LogP contribution in [0.1, 0.15) is 40.0 Å². The van der Waals surface area contributed by atoms with Gasteiger partial charge in [-0.2, -0.15) is 0 Å². The summed E-state index contributed by atoms with van der Waals surface area (Å²) in [6, 6.07) is 17.0. The Morgan fingerprint density at radius 2 is 1.68 bits per heavy atom. The second-order valence-corrected chi connectivity index (χ2v) is 16.0. The van der Waals surface area contributed by atoms with Gasteiger partial charge in [-0.05, 0) is 0 Å². The number of hydrogen-bond donors (Lipinski definition) is 0. The summed E-state index contributed by atoms with van der Waals surface area (Å²) in [6.07, 6.45) is 2.01. The zero-order valence-electron chi connectivity index (χ0n) is 20.0. The number of carbonyl (C=O) groups excluding carboxylic acids is 1. The molecule has 0 heterocycles. The summed E-state index contributed by atoms with van der Waals surface area (Å²) in [7, 11) is -3.94. The van der Waals surface area contributed by atoms with E-state index in [2.05, 4.69) is 0 Å². The number of hydrogen-bond acceptors (Lipinski definition) is 6. The average Bonchev–Trinajstić information content (AvgIpc) is 3.15. The molecule has 2 aromatic carbocycles. The molecule has 2 unspecified atom stereocenters. The SMILES string of the molecule is CCOCCOc1ccc(I(OS(=O)(=O)CC23CCC(CC2=O)C3(C)C)c2ccccc2)cc1. The number of halogens is 1. The molecule has 0 spiro atoms. The minimum atomic E-state index is -3.94. The van der Waals surface area contributed by atoms with Gasteiger partial charge in [0, 0.05) is 0 Å². The summed E-state index contributed by atoms with van der Waals surface area (Å²) < 4.78 is 45.7. The molecule has 0 N–H and O–H groups in total. The molecule has 6 nitrogen and oxygen atoms in total. The first kappa shape index (κ1) is 25.6. The van der Waals surface area contributed by atoms with Crippen LogP contribution in [0.5, 0.6) is 5.75 Å². The fourth-order valence-electron chi connectivity index (χ4n) is 5.26. The summed E-state index contributed by atoms with van der Waals surface area (Å²) in [4.78, 5) is 12.9. The van der Waals surface area contributed by atoms with E-state index in [0.717, 1.165) is 13.6 Å². The van der Waals surface area contributed by atoms with E-state index in [4.69, 9.17) is 12.0 Å². The number of rotatable bonds is 11. The number of carbonyl (C=O) groups is 1. The van der Waals surface area contributed by atoms with E-state index in [9.17, 15) is 13.2 Å². The second-order valence-electron chi connectivity index (χ2n) is 9.48. The van der Waals surface area contributed by atoms with E-state index >= 15 is 0 Å². The van der Waals surface area contributed by atoms with Gasteiger partial charge in [0.05, 0.1) is 0 Å². The molecule has 186 valence electrons. The average molecular weight is 601 g/mol. The Labute approximate surface area is 210 Å². The molecule has 0 radical (unpaired) electrons. The van der Waals surface area contributed by atoms with Crippen LogP contribution < -0.4 is 4.74 Å². The van der Waals surface area contributed by atoms with Crippen molar-refractivity contribution in [2.45, 2.75) is 40.0 Å². The molecule has 2 bridgehead atoms.